The lowest BCUT2D eigenvalue weighted by Crippen LogP contribution is -2.52. The number of aromatic amines is 1. The zero-order chi connectivity index (χ0) is 29.2. The van der Waals surface area contributed by atoms with E-state index >= 15 is 0 Å². The molecule has 0 aliphatic carbocycles. The van der Waals surface area contributed by atoms with Crippen molar-refractivity contribution in [3.8, 4) is 17.7 Å². The van der Waals surface area contributed by atoms with E-state index in [1.54, 1.807) is 31.7 Å². The molecule has 1 aliphatic heterocycles. The predicted molar refractivity (Wildman–Crippen MR) is 147 cm³/mol. The smallest absolute Gasteiger partial charge is 0.307 e. The Morgan fingerprint density at radius 2 is 2.02 bits per heavy atom. The number of hydrogen-bond acceptors (Lipinski definition) is 8. The highest BCUT2D eigenvalue weighted by Gasteiger charge is 2.46. The van der Waals surface area contributed by atoms with Crippen molar-refractivity contribution in [1.82, 2.24) is 30.4 Å². The minimum atomic E-state index is -0.916. The molecule has 12 heteroatoms. The van der Waals surface area contributed by atoms with Gasteiger partial charge in [-0.25, -0.2) is 15.1 Å². The first-order chi connectivity index (χ1) is 18.9. The molecular weight excluding hydrogens is 534 g/mol. The van der Waals surface area contributed by atoms with E-state index in [1.807, 2.05) is 32.0 Å². The lowest BCUT2D eigenvalue weighted by molar-refractivity contribution is -0.137. The van der Waals surface area contributed by atoms with Crippen LogP contribution in [0, 0.1) is 30.6 Å². The molecule has 0 radical (unpaired) electrons. The van der Waals surface area contributed by atoms with Gasteiger partial charge in [0.25, 0.3) is 5.91 Å². The van der Waals surface area contributed by atoms with Gasteiger partial charge < -0.3 is 15.0 Å². The number of carbonyl (C=O) groups excluding carboxylic acids is 2. The van der Waals surface area contributed by atoms with E-state index in [2.05, 4.69) is 31.6 Å². The lowest BCUT2D eigenvalue weighted by Gasteiger charge is -2.38. The van der Waals surface area contributed by atoms with E-state index in [0.29, 0.717) is 23.6 Å². The molecule has 2 amide bonds. The molecule has 1 aliphatic rings. The number of aryl methyl sites for hydroxylation is 2. The maximum atomic E-state index is 13.8. The third kappa shape index (κ3) is 5.97. The second kappa shape index (κ2) is 11.4. The number of likely N-dealkylation sites (tertiary alicyclic amines) is 1. The summed E-state index contributed by atoms with van der Waals surface area (Å²) in [7, 11) is 0. The fourth-order valence-corrected chi connectivity index (χ4v) is 5.04. The number of hydrogen-bond donors (Lipinski definition) is 2. The Morgan fingerprint density at radius 3 is 2.70 bits per heavy atom. The Bertz CT molecular complexity index is 1550. The number of ether oxygens (including phenoxy) is 1. The predicted octanol–water partition coefficient (Wildman–Crippen LogP) is 4.02. The fourth-order valence-electron chi connectivity index (χ4n) is 4.84. The third-order valence-corrected chi connectivity index (χ3v) is 7.19. The van der Waals surface area contributed by atoms with Crippen molar-refractivity contribution in [1.29, 1.82) is 5.26 Å². The molecule has 1 fully saturated rings. The van der Waals surface area contributed by atoms with Crippen LogP contribution in [0.1, 0.15) is 67.1 Å². The molecule has 4 rings (SSSR count). The molecule has 1 saturated heterocycles. The third-order valence-electron chi connectivity index (χ3n) is 6.95. The minimum Gasteiger partial charge on any atom is -0.431 e. The van der Waals surface area contributed by atoms with Crippen LogP contribution >= 0.6 is 11.6 Å². The maximum absolute atomic E-state index is 13.8. The number of nitriles is 1. The minimum absolute atomic E-state index is 0.00367. The van der Waals surface area contributed by atoms with Gasteiger partial charge in [-0.05, 0) is 65.2 Å². The van der Waals surface area contributed by atoms with Gasteiger partial charge >= 0.3 is 5.56 Å². The molecule has 1 aromatic carbocycles. The van der Waals surface area contributed by atoms with Gasteiger partial charge in [-0.15, -0.1) is 0 Å². The van der Waals surface area contributed by atoms with Crippen LogP contribution in [-0.2, 0) is 4.79 Å². The molecular formula is C28H30ClN7O4. The number of amides is 2. The van der Waals surface area contributed by atoms with Crippen molar-refractivity contribution in [3.05, 3.63) is 74.6 Å². The van der Waals surface area contributed by atoms with Gasteiger partial charge in [0, 0.05) is 11.1 Å². The van der Waals surface area contributed by atoms with Gasteiger partial charge in [0.05, 0.1) is 35.5 Å². The summed E-state index contributed by atoms with van der Waals surface area (Å²) in [6.07, 6.45) is 2.51. The first-order valence-corrected chi connectivity index (χ1v) is 13.2. The second-order valence-electron chi connectivity index (χ2n) is 10.4. The summed E-state index contributed by atoms with van der Waals surface area (Å²) < 4.78 is 5.57. The standard InChI is InChI=1S/C28H30ClN7O4/c1-15-11-22(25(38)35-34-15)40-26-16(2)32-20(13-31-26)24(37)33-17(3)27(39)36-21(18-7-6-8-19(29)12-18)9-10-23(36)28(4,5)14-30/h6-8,11-13,17,21,23H,9-10H2,1-5H3,(H,33,37)(H,35,38)/t17?,21-,23+/m0/s1. The molecule has 1 unspecified atom stereocenters. The Labute approximate surface area is 236 Å². The highest BCUT2D eigenvalue weighted by Crippen LogP contribution is 2.43. The topological polar surface area (TPSA) is 154 Å². The van der Waals surface area contributed by atoms with E-state index in [1.165, 1.54) is 12.3 Å². The zero-order valence-corrected chi connectivity index (χ0v) is 23.6. The average Bonchev–Trinajstić information content (AvgIpc) is 3.37. The van der Waals surface area contributed by atoms with Crippen LogP contribution in [0.25, 0.3) is 0 Å². The molecule has 3 aromatic rings. The number of H-pyrrole nitrogens is 1. The molecule has 3 atom stereocenters. The lowest BCUT2D eigenvalue weighted by atomic mass is 9.84. The van der Waals surface area contributed by atoms with Crippen LogP contribution in [0.5, 0.6) is 11.6 Å². The summed E-state index contributed by atoms with van der Waals surface area (Å²) in [5.74, 6) is -0.868. The van der Waals surface area contributed by atoms with E-state index in [0.717, 1.165) is 5.56 Å². The highest BCUT2D eigenvalue weighted by molar-refractivity contribution is 6.30. The number of nitrogens with one attached hydrogen (secondary N) is 2. The Hall–Kier alpha value is -4.30. The first kappa shape index (κ1) is 28.7. The monoisotopic (exact) mass is 563 g/mol. The molecule has 40 heavy (non-hydrogen) atoms. The van der Waals surface area contributed by atoms with Crippen molar-refractivity contribution in [2.45, 2.75) is 65.6 Å². The molecule has 0 saturated carbocycles. The Balaban J connectivity index is 1.53. The molecule has 11 nitrogen and oxygen atoms in total. The largest absolute Gasteiger partial charge is 0.431 e. The van der Waals surface area contributed by atoms with Crippen LogP contribution < -0.4 is 15.6 Å². The number of nitrogens with zero attached hydrogens (tertiary/aromatic N) is 5. The quantitative estimate of drug-likeness (QED) is 0.437. The molecule has 2 aromatic heterocycles. The normalized spacial score (nSPS) is 17.7. The summed E-state index contributed by atoms with van der Waals surface area (Å²) >= 11 is 6.23. The van der Waals surface area contributed by atoms with E-state index < -0.39 is 22.9 Å². The second-order valence-corrected chi connectivity index (χ2v) is 10.8. The zero-order valence-electron chi connectivity index (χ0n) is 22.9. The summed E-state index contributed by atoms with van der Waals surface area (Å²) in [6, 6.07) is 9.55. The van der Waals surface area contributed by atoms with Gasteiger partial charge in [-0.3, -0.25) is 14.4 Å². The van der Waals surface area contributed by atoms with Crippen molar-refractivity contribution in [2.75, 3.05) is 0 Å². The molecule has 2 N–H and O–H groups in total. The van der Waals surface area contributed by atoms with Crippen LogP contribution in [-0.4, -0.2) is 49.0 Å². The van der Waals surface area contributed by atoms with Crippen molar-refractivity contribution in [3.63, 3.8) is 0 Å². The summed E-state index contributed by atoms with van der Waals surface area (Å²) in [6.45, 7) is 8.50. The molecule has 0 bridgehead atoms. The SMILES string of the molecule is Cc1cc(Oc2ncc(C(=O)NC(C)C(=O)N3[C@H](c4cccc(Cl)c4)CC[C@@H]3C(C)(C)C#N)nc2C)c(=O)[nH]n1. The number of halogens is 1. The van der Waals surface area contributed by atoms with Crippen LogP contribution in [0.2, 0.25) is 5.02 Å². The van der Waals surface area contributed by atoms with Crippen LogP contribution in [0.15, 0.2) is 41.3 Å². The summed E-state index contributed by atoms with van der Waals surface area (Å²) in [5, 5.41) is 19.2. The summed E-state index contributed by atoms with van der Waals surface area (Å²) in [5.41, 5.74) is 0.335. The molecule has 0 spiro atoms. The average molecular weight is 564 g/mol. The number of aromatic nitrogens is 4. The number of rotatable bonds is 7. The van der Waals surface area contributed by atoms with Gasteiger partial charge in [0.1, 0.15) is 17.4 Å². The fraction of sp³-hybridized carbons (Fsp3) is 0.393. The van der Waals surface area contributed by atoms with Crippen molar-refractivity contribution in [2.24, 2.45) is 5.41 Å². The Morgan fingerprint density at radius 1 is 1.27 bits per heavy atom. The van der Waals surface area contributed by atoms with Gasteiger partial charge in [-0.2, -0.15) is 10.4 Å². The highest BCUT2D eigenvalue weighted by atomic mass is 35.5. The van der Waals surface area contributed by atoms with Gasteiger partial charge in [0.15, 0.2) is 5.75 Å². The van der Waals surface area contributed by atoms with E-state index in [-0.39, 0.29) is 41.0 Å². The van der Waals surface area contributed by atoms with Crippen LogP contribution in [0.3, 0.4) is 0 Å². The van der Waals surface area contributed by atoms with Crippen molar-refractivity contribution >= 4 is 23.4 Å². The molecule has 3 heterocycles. The molecule has 208 valence electrons. The van der Waals surface area contributed by atoms with Gasteiger partial charge in [-0.1, -0.05) is 23.7 Å². The Kier molecular flexibility index (Phi) is 8.21. The maximum Gasteiger partial charge on any atom is 0.307 e. The number of carbonyl (C=O) groups is 2. The summed E-state index contributed by atoms with van der Waals surface area (Å²) in [4.78, 5) is 49.0. The first-order valence-electron chi connectivity index (χ1n) is 12.8. The van der Waals surface area contributed by atoms with E-state index in [9.17, 15) is 19.6 Å². The van der Waals surface area contributed by atoms with Gasteiger partial charge in [0.2, 0.25) is 11.8 Å². The van der Waals surface area contributed by atoms with E-state index in [4.69, 9.17) is 16.3 Å². The number of benzene rings is 1. The van der Waals surface area contributed by atoms with Crippen molar-refractivity contribution < 1.29 is 14.3 Å². The van der Waals surface area contributed by atoms with Crippen LogP contribution in [0.4, 0.5) is 0 Å².